The fourth-order valence-corrected chi connectivity index (χ4v) is 4.46. The summed E-state index contributed by atoms with van der Waals surface area (Å²) in [7, 11) is 0. The van der Waals surface area contributed by atoms with E-state index in [9.17, 15) is 9.59 Å². The summed E-state index contributed by atoms with van der Waals surface area (Å²) >= 11 is 18.7. The Morgan fingerprint density at radius 2 is 1.55 bits per heavy atom. The van der Waals surface area contributed by atoms with E-state index in [2.05, 4.69) is 5.32 Å². The highest BCUT2D eigenvalue weighted by atomic mass is 35.5. The first kappa shape index (κ1) is 29.8. The van der Waals surface area contributed by atoms with Gasteiger partial charge in [-0.2, -0.15) is 0 Å². The van der Waals surface area contributed by atoms with Crippen LogP contribution in [0.4, 0.5) is 0 Å². The van der Waals surface area contributed by atoms with Crippen LogP contribution in [0.25, 0.3) is 0 Å². The fraction of sp³-hybridized carbons (Fsp3) is 0.333. The molecular weight excluding hydrogens is 543 g/mol. The third kappa shape index (κ3) is 8.39. The van der Waals surface area contributed by atoms with E-state index in [0.717, 1.165) is 22.3 Å². The predicted octanol–water partition coefficient (Wildman–Crippen LogP) is 7.05. The van der Waals surface area contributed by atoms with Crippen molar-refractivity contribution in [3.05, 3.63) is 98.0 Å². The van der Waals surface area contributed by atoms with Gasteiger partial charge in [-0.1, -0.05) is 85.0 Å². The molecule has 202 valence electrons. The summed E-state index contributed by atoms with van der Waals surface area (Å²) in [6, 6.07) is 17.6. The molecule has 1 N–H and O–H groups in total. The van der Waals surface area contributed by atoms with E-state index in [4.69, 9.17) is 39.5 Å². The Morgan fingerprint density at radius 1 is 0.895 bits per heavy atom. The van der Waals surface area contributed by atoms with Crippen LogP contribution in [0.15, 0.2) is 60.7 Å². The maximum absolute atomic E-state index is 13.7. The number of amides is 2. The average Bonchev–Trinajstić information content (AvgIpc) is 2.89. The zero-order valence-corrected chi connectivity index (χ0v) is 24.3. The summed E-state index contributed by atoms with van der Waals surface area (Å²) in [6.07, 6.45) is 0.344. The molecule has 0 aliphatic heterocycles. The summed E-state index contributed by atoms with van der Waals surface area (Å²) in [5.74, 6) is 0.238. The Morgan fingerprint density at radius 3 is 2.16 bits per heavy atom. The summed E-state index contributed by atoms with van der Waals surface area (Å²) in [5.41, 5.74) is 3.41. The summed E-state index contributed by atoms with van der Waals surface area (Å²) in [5, 5.41) is 4.46. The second-order valence-electron chi connectivity index (χ2n) is 9.77. The van der Waals surface area contributed by atoms with Gasteiger partial charge in [0, 0.05) is 24.5 Å². The van der Waals surface area contributed by atoms with E-state index in [0.29, 0.717) is 33.8 Å². The highest BCUT2D eigenvalue weighted by Gasteiger charge is 2.31. The van der Waals surface area contributed by atoms with Crippen LogP contribution in [-0.2, 0) is 22.6 Å². The fourth-order valence-electron chi connectivity index (χ4n) is 4.03. The van der Waals surface area contributed by atoms with Crippen molar-refractivity contribution in [1.82, 2.24) is 10.2 Å². The first-order chi connectivity index (χ1) is 18.0. The molecule has 3 aromatic carbocycles. The van der Waals surface area contributed by atoms with E-state index in [-0.39, 0.29) is 30.9 Å². The zero-order chi connectivity index (χ0) is 27.8. The topological polar surface area (TPSA) is 58.6 Å². The molecule has 38 heavy (non-hydrogen) atoms. The van der Waals surface area contributed by atoms with Gasteiger partial charge in [-0.05, 0) is 66.3 Å². The molecule has 1 atom stereocenters. The number of aryl methyl sites for hydroxylation is 2. The Kier molecular flexibility index (Phi) is 10.9. The molecule has 0 spiro atoms. The highest BCUT2D eigenvalue weighted by Crippen LogP contribution is 2.27. The van der Waals surface area contributed by atoms with Crippen molar-refractivity contribution in [2.75, 3.05) is 13.2 Å². The zero-order valence-electron chi connectivity index (χ0n) is 22.1. The van der Waals surface area contributed by atoms with Crippen LogP contribution < -0.4 is 10.1 Å². The molecule has 0 aromatic heterocycles. The van der Waals surface area contributed by atoms with Crippen molar-refractivity contribution >= 4 is 46.6 Å². The SMILES string of the molecule is Cc1cc(OCC(=O)N(Cc2ccc(Cl)c(Cl)c2)C(Cc2ccccc2)C(=O)NCC(C)C)cc(C)c1Cl. The molecule has 3 aromatic rings. The van der Waals surface area contributed by atoms with Crippen LogP contribution in [0.2, 0.25) is 15.1 Å². The molecule has 0 aliphatic carbocycles. The summed E-state index contributed by atoms with van der Waals surface area (Å²) in [6.45, 7) is 8.23. The van der Waals surface area contributed by atoms with Crippen molar-refractivity contribution in [1.29, 1.82) is 0 Å². The van der Waals surface area contributed by atoms with Gasteiger partial charge < -0.3 is 15.0 Å². The normalized spacial score (nSPS) is 11.8. The third-order valence-electron chi connectivity index (χ3n) is 6.06. The number of carbonyl (C=O) groups is 2. The Labute approximate surface area is 240 Å². The van der Waals surface area contributed by atoms with E-state index in [1.54, 1.807) is 35.2 Å². The largest absolute Gasteiger partial charge is 0.484 e. The molecule has 0 aliphatic rings. The lowest BCUT2D eigenvalue weighted by Gasteiger charge is -2.32. The summed E-state index contributed by atoms with van der Waals surface area (Å²) in [4.78, 5) is 28.8. The minimum absolute atomic E-state index is 0.157. The molecule has 0 radical (unpaired) electrons. The van der Waals surface area contributed by atoms with E-state index in [1.165, 1.54) is 0 Å². The molecular formula is C30H33Cl3N2O3. The van der Waals surface area contributed by atoms with Gasteiger partial charge in [0.1, 0.15) is 11.8 Å². The number of hydrogen-bond donors (Lipinski definition) is 1. The van der Waals surface area contributed by atoms with Gasteiger partial charge in [-0.3, -0.25) is 9.59 Å². The molecule has 3 rings (SSSR count). The van der Waals surface area contributed by atoms with Crippen LogP contribution in [-0.4, -0.2) is 35.9 Å². The number of rotatable bonds is 11. The molecule has 0 fully saturated rings. The molecule has 0 saturated carbocycles. The summed E-state index contributed by atoms with van der Waals surface area (Å²) < 4.78 is 5.90. The van der Waals surface area contributed by atoms with Crippen LogP contribution in [0.5, 0.6) is 5.75 Å². The number of halogens is 3. The molecule has 0 bridgehead atoms. The van der Waals surface area contributed by atoms with Crippen LogP contribution in [0.1, 0.15) is 36.1 Å². The molecule has 5 nitrogen and oxygen atoms in total. The lowest BCUT2D eigenvalue weighted by atomic mass is 10.0. The van der Waals surface area contributed by atoms with Gasteiger partial charge in [0.15, 0.2) is 6.61 Å². The monoisotopic (exact) mass is 574 g/mol. The number of carbonyl (C=O) groups excluding carboxylic acids is 2. The highest BCUT2D eigenvalue weighted by molar-refractivity contribution is 6.42. The molecule has 2 amide bonds. The van der Waals surface area contributed by atoms with Gasteiger partial charge >= 0.3 is 0 Å². The first-order valence-electron chi connectivity index (χ1n) is 12.5. The quantitative estimate of drug-likeness (QED) is 0.266. The number of benzene rings is 3. The van der Waals surface area contributed by atoms with Gasteiger partial charge in [-0.15, -0.1) is 0 Å². The van der Waals surface area contributed by atoms with Crippen LogP contribution in [0.3, 0.4) is 0 Å². The Hall–Kier alpha value is -2.73. The van der Waals surface area contributed by atoms with Crippen molar-refractivity contribution in [3.8, 4) is 5.75 Å². The third-order valence-corrected chi connectivity index (χ3v) is 7.40. The van der Waals surface area contributed by atoms with Gasteiger partial charge in [0.05, 0.1) is 10.0 Å². The standard InChI is InChI=1S/C30H33Cl3N2O3/c1-19(2)16-34-30(37)27(15-22-8-6-5-7-9-22)35(17-23-10-11-25(31)26(32)14-23)28(36)18-38-24-12-20(3)29(33)21(4)13-24/h5-14,19,27H,15-18H2,1-4H3,(H,34,37). The average molecular weight is 576 g/mol. The van der Waals surface area contributed by atoms with E-state index >= 15 is 0 Å². The molecule has 0 heterocycles. The molecule has 8 heteroatoms. The van der Waals surface area contributed by atoms with Gasteiger partial charge in [0.2, 0.25) is 5.91 Å². The van der Waals surface area contributed by atoms with E-state index < -0.39 is 6.04 Å². The minimum atomic E-state index is -0.768. The van der Waals surface area contributed by atoms with Crippen molar-refractivity contribution < 1.29 is 14.3 Å². The maximum Gasteiger partial charge on any atom is 0.261 e. The molecule has 1 unspecified atom stereocenters. The van der Waals surface area contributed by atoms with Crippen molar-refractivity contribution in [2.45, 2.75) is 46.7 Å². The van der Waals surface area contributed by atoms with E-state index in [1.807, 2.05) is 58.0 Å². The smallest absolute Gasteiger partial charge is 0.261 e. The number of ether oxygens (including phenoxy) is 1. The van der Waals surface area contributed by atoms with Crippen molar-refractivity contribution in [2.24, 2.45) is 5.92 Å². The molecule has 0 saturated heterocycles. The maximum atomic E-state index is 13.7. The number of nitrogens with zero attached hydrogens (tertiary/aromatic N) is 1. The first-order valence-corrected chi connectivity index (χ1v) is 13.6. The number of hydrogen-bond acceptors (Lipinski definition) is 3. The Balaban J connectivity index is 1.94. The van der Waals surface area contributed by atoms with Gasteiger partial charge in [-0.25, -0.2) is 0 Å². The van der Waals surface area contributed by atoms with Crippen molar-refractivity contribution in [3.63, 3.8) is 0 Å². The van der Waals surface area contributed by atoms with Crippen LogP contribution >= 0.6 is 34.8 Å². The van der Waals surface area contributed by atoms with Crippen LogP contribution in [0, 0.1) is 19.8 Å². The lowest BCUT2D eigenvalue weighted by molar-refractivity contribution is -0.142. The lowest BCUT2D eigenvalue weighted by Crippen LogP contribution is -2.52. The van der Waals surface area contributed by atoms with Gasteiger partial charge in [0.25, 0.3) is 5.91 Å². The Bertz CT molecular complexity index is 1240. The predicted molar refractivity (Wildman–Crippen MR) is 155 cm³/mol. The number of nitrogens with one attached hydrogen (secondary N) is 1. The minimum Gasteiger partial charge on any atom is -0.484 e. The second-order valence-corrected chi connectivity index (χ2v) is 11.0. The second kappa shape index (κ2) is 13.9.